The minimum absolute atomic E-state index is 0.521. The van der Waals surface area contributed by atoms with E-state index in [1.165, 1.54) is 93.4 Å². The molecule has 0 aliphatic heterocycles. The van der Waals surface area contributed by atoms with Crippen LogP contribution in [0.1, 0.15) is 22.3 Å². The molecule has 1 aliphatic carbocycles. The highest BCUT2D eigenvalue weighted by Gasteiger charge is 2.46. The molecule has 0 radical (unpaired) electrons. The molecule has 1 aromatic heterocycles. The largest absolute Gasteiger partial charge is 0.310 e. The summed E-state index contributed by atoms with van der Waals surface area (Å²) in [6.07, 6.45) is 0. The molecular formula is C69H46N2. The number of aromatic nitrogens is 1. The molecule has 332 valence electrons. The maximum absolute atomic E-state index is 2.46. The lowest BCUT2D eigenvalue weighted by Gasteiger charge is -2.35. The molecule has 2 nitrogen and oxygen atoms in total. The van der Waals surface area contributed by atoms with Crippen molar-refractivity contribution in [1.29, 1.82) is 0 Å². The molecule has 0 atom stereocenters. The molecule has 0 bridgehead atoms. The Balaban J connectivity index is 0.933. The van der Waals surface area contributed by atoms with Crippen LogP contribution < -0.4 is 4.90 Å². The fraction of sp³-hybridized carbons (Fsp3) is 0.0145. The maximum atomic E-state index is 2.46. The van der Waals surface area contributed by atoms with Crippen LogP contribution in [0, 0.1) is 0 Å². The SMILES string of the molecule is c1ccc(-n2c3cc(-c4ccc(N(c5ccc(-c6ccc7ccccc7c6)cc5)c5ccc6c(c5)C(c5ccccc5)(c5ccccc5)c5ccccc5-6)cc4)ccc3c3ccc4ccccc4c32)cc1. The molecule has 1 aliphatic rings. The van der Waals surface area contributed by atoms with Gasteiger partial charge in [0.25, 0.3) is 0 Å². The van der Waals surface area contributed by atoms with Crippen LogP contribution in [0.25, 0.3) is 82.4 Å². The van der Waals surface area contributed by atoms with Gasteiger partial charge < -0.3 is 9.47 Å². The lowest BCUT2D eigenvalue weighted by Crippen LogP contribution is -2.28. The van der Waals surface area contributed by atoms with Gasteiger partial charge in [-0.3, -0.25) is 0 Å². The van der Waals surface area contributed by atoms with E-state index in [9.17, 15) is 0 Å². The van der Waals surface area contributed by atoms with Crippen LogP contribution in [-0.2, 0) is 5.41 Å². The van der Waals surface area contributed by atoms with E-state index in [-0.39, 0.29) is 0 Å². The molecule has 0 fully saturated rings. The molecule has 0 unspecified atom stereocenters. The van der Waals surface area contributed by atoms with Gasteiger partial charge in [-0.1, -0.05) is 218 Å². The molecule has 0 saturated heterocycles. The molecular weight excluding hydrogens is 857 g/mol. The van der Waals surface area contributed by atoms with E-state index in [1.54, 1.807) is 0 Å². The first-order chi connectivity index (χ1) is 35.2. The summed E-state index contributed by atoms with van der Waals surface area (Å²) in [5.74, 6) is 0. The fourth-order valence-electron chi connectivity index (χ4n) is 11.8. The van der Waals surface area contributed by atoms with E-state index in [0.717, 1.165) is 28.3 Å². The van der Waals surface area contributed by atoms with Crippen molar-refractivity contribution in [3.63, 3.8) is 0 Å². The van der Waals surface area contributed by atoms with E-state index in [0.29, 0.717) is 0 Å². The Hall–Kier alpha value is -9.24. The monoisotopic (exact) mass is 902 g/mol. The summed E-state index contributed by atoms with van der Waals surface area (Å²) in [7, 11) is 0. The second-order valence-corrected chi connectivity index (χ2v) is 18.8. The van der Waals surface area contributed by atoms with Crippen LogP contribution in [0.2, 0.25) is 0 Å². The Kier molecular flexibility index (Phi) is 9.47. The van der Waals surface area contributed by atoms with Gasteiger partial charge in [-0.2, -0.15) is 0 Å². The number of hydrogen-bond donors (Lipinski definition) is 0. The summed E-state index contributed by atoms with van der Waals surface area (Å²) >= 11 is 0. The maximum Gasteiger partial charge on any atom is 0.0714 e. The quantitative estimate of drug-likeness (QED) is 0.147. The zero-order chi connectivity index (χ0) is 46.9. The number of benzene rings is 12. The highest BCUT2D eigenvalue weighted by Crippen LogP contribution is 2.57. The van der Waals surface area contributed by atoms with Crippen molar-refractivity contribution in [3.05, 3.63) is 301 Å². The minimum Gasteiger partial charge on any atom is -0.310 e. The van der Waals surface area contributed by atoms with Gasteiger partial charge in [0.1, 0.15) is 0 Å². The zero-order valence-electron chi connectivity index (χ0n) is 39.0. The standard InChI is InChI=1S/C69H46N2/c1-4-19-54(20-5-1)69(55-21-6-2-7-22-55)65-27-15-14-26-61(65)62-43-40-59(46-66(62)69)70(57-36-30-48(31-37-57)52-29-28-47-16-10-11-18-51(47)44-52)58-38-32-49(33-39-58)53-35-41-63-64-42-34-50-17-12-13-25-60(50)68(64)71(67(63)45-53)56-23-8-3-9-24-56/h1-46H. The van der Waals surface area contributed by atoms with Crippen LogP contribution >= 0.6 is 0 Å². The van der Waals surface area contributed by atoms with Crippen molar-refractivity contribution in [1.82, 2.24) is 4.57 Å². The predicted octanol–water partition coefficient (Wildman–Crippen LogP) is 18.3. The van der Waals surface area contributed by atoms with Crippen molar-refractivity contribution >= 4 is 60.4 Å². The molecule has 0 spiro atoms. The Labute approximate surface area is 413 Å². The first-order valence-electron chi connectivity index (χ1n) is 24.6. The summed E-state index contributed by atoms with van der Waals surface area (Å²) in [6, 6.07) is 103. The first-order valence-corrected chi connectivity index (χ1v) is 24.6. The predicted molar refractivity (Wildman–Crippen MR) is 299 cm³/mol. The van der Waals surface area contributed by atoms with E-state index >= 15 is 0 Å². The van der Waals surface area contributed by atoms with Gasteiger partial charge in [-0.15, -0.1) is 0 Å². The molecule has 0 N–H and O–H groups in total. The van der Waals surface area contributed by atoms with Crippen molar-refractivity contribution < 1.29 is 0 Å². The third kappa shape index (κ3) is 6.49. The summed E-state index contributed by atoms with van der Waals surface area (Å²) in [6.45, 7) is 0. The number of para-hydroxylation sites is 1. The highest BCUT2D eigenvalue weighted by atomic mass is 15.1. The summed E-state index contributed by atoms with van der Waals surface area (Å²) in [5.41, 5.74) is 18.7. The van der Waals surface area contributed by atoms with Gasteiger partial charge in [0.2, 0.25) is 0 Å². The van der Waals surface area contributed by atoms with Gasteiger partial charge in [0.05, 0.1) is 16.4 Å². The zero-order valence-corrected chi connectivity index (χ0v) is 39.0. The first kappa shape index (κ1) is 40.8. The van der Waals surface area contributed by atoms with E-state index in [4.69, 9.17) is 0 Å². The van der Waals surface area contributed by atoms with Gasteiger partial charge in [-0.25, -0.2) is 0 Å². The number of anilines is 3. The Bertz CT molecular complexity index is 4090. The third-order valence-corrected chi connectivity index (χ3v) is 15.0. The molecule has 12 aromatic carbocycles. The van der Waals surface area contributed by atoms with Gasteiger partial charge in [0, 0.05) is 38.9 Å². The molecule has 0 saturated carbocycles. The normalized spacial score (nSPS) is 12.6. The summed E-state index contributed by atoms with van der Waals surface area (Å²) < 4.78 is 2.45. The topological polar surface area (TPSA) is 8.17 Å². The highest BCUT2D eigenvalue weighted by molar-refractivity contribution is 6.19. The van der Waals surface area contributed by atoms with Crippen molar-refractivity contribution in [3.8, 4) is 39.1 Å². The number of rotatable bonds is 8. The van der Waals surface area contributed by atoms with Crippen molar-refractivity contribution in [2.45, 2.75) is 5.41 Å². The molecule has 1 heterocycles. The Morgan fingerprint density at radius 3 is 1.51 bits per heavy atom. The Morgan fingerprint density at radius 1 is 0.296 bits per heavy atom. The smallest absolute Gasteiger partial charge is 0.0714 e. The lowest BCUT2D eigenvalue weighted by atomic mass is 9.67. The van der Waals surface area contributed by atoms with Crippen LogP contribution in [-0.4, -0.2) is 4.57 Å². The molecule has 2 heteroatoms. The molecule has 71 heavy (non-hydrogen) atoms. The number of nitrogens with zero attached hydrogens (tertiary/aromatic N) is 2. The third-order valence-electron chi connectivity index (χ3n) is 15.0. The van der Waals surface area contributed by atoms with Crippen molar-refractivity contribution in [2.75, 3.05) is 4.90 Å². The van der Waals surface area contributed by atoms with Crippen LogP contribution in [0.4, 0.5) is 17.1 Å². The minimum atomic E-state index is -0.521. The van der Waals surface area contributed by atoms with E-state index < -0.39 is 5.41 Å². The van der Waals surface area contributed by atoms with Crippen LogP contribution in [0.5, 0.6) is 0 Å². The molecule has 13 aromatic rings. The average molecular weight is 903 g/mol. The second kappa shape index (κ2) is 16.5. The fourth-order valence-corrected chi connectivity index (χ4v) is 11.8. The Morgan fingerprint density at radius 2 is 0.803 bits per heavy atom. The van der Waals surface area contributed by atoms with Crippen LogP contribution in [0.3, 0.4) is 0 Å². The number of hydrogen-bond acceptors (Lipinski definition) is 1. The van der Waals surface area contributed by atoms with Gasteiger partial charge in [0.15, 0.2) is 0 Å². The van der Waals surface area contributed by atoms with Gasteiger partial charge in [-0.05, 0) is 132 Å². The lowest BCUT2D eigenvalue weighted by molar-refractivity contribution is 0.768. The number of fused-ring (bicyclic) bond motifs is 9. The van der Waals surface area contributed by atoms with E-state index in [2.05, 4.69) is 289 Å². The van der Waals surface area contributed by atoms with Crippen molar-refractivity contribution in [2.24, 2.45) is 0 Å². The summed E-state index contributed by atoms with van der Waals surface area (Å²) in [5, 5.41) is 7.48. The van der Waals surface area contributed by atoms with Crippen LogP contribution in [0.15, 0.2) is 279 Å². The van der Waals surface area contributed by atoms with Gasteiger partial charge >= 0.3 is 0 Å². The second-order valence-electron chi connectivity index (χ2n) is 18.8. The van der Waals surface area contributed by atoms with E-state index in [1.807, 2.05) is 0 Å². The summed E-state index contributed by atoms with van der Waals surface area (Å²) in [4.78, 5) is 2.43. The molecule has 14 rings (SSSR count). The molecule has 0 amide bonds. The average Bonchev–Trinajstić information content (AvgIpc) is 3.95.